The number of esters is 2. The van der Waals surface area contributed by atoms with Crippen LogP contribution >= 0.6 is 0 Å². The lowest BCUT2D eigenvalue weighted by Gasteiger charge is -2.45. The van der Waals surface area contributed by atoms with Gasteiger partial charge in [-0.1, -0.05) is 12.1 Å². The molecule has 3 heterocycles. The molecule has 10 unspecified atom stereocenters. The van der Waals surface area contributed by atoms with Gasteiger partial charge in [0.1, 0.15) is 78.4 Å². The molecule has 0 radical (unpaired) electrons. The summed E-state index contributed by atoms with van der Waals surface area (Å²) in [6.45, 7) is -1.13. The second-order valence-corrected chi connectivity index (χ2v) is 10.9. The maximum Gasteiger partial charge on any atom is 0.317 e. The van der Waals surface area contributed by atoms with Crippen LogP contribution in [-0.2, 0) is 38.0 Å². The van der Waals surface area contributed by atoms with Gasteiger partial charge in [0.2, 0.25) is 6.29 Å². The van der Waals surface area contributed by atoms with Crippen molar-refractivity contribution in [2.45, 2.75) is 67.8 Å². The summed E-state index contributed by atoms with van der Waals surface area (Å²) in [6, 6.07) is 8.05. The molecule has 0 amide bonds. The number of hydrogen-bond donors (Lipinski definition) is 8. The van der Waals surface area contributed by atoms with Gasteiger partial charge < -0.3 is 74.0 Å². The van der Waals surface area contributed by atoms with Crippen molar-refractivity contribution in [1.29, 1.82) is 0 Å². The third-order valence-corrected chi connectivity index (χ3v) is 7.66. The first-order chi connectivity index (χ1) is 22.4. The summed E-state index contributed by atoms with van der Waals surface area (Å²) in [6.07, 6.45) is -15.7. The molecule has 17 nitrogen and oxygen atoms in total. The van der Waals surface area contributed by atoms with E-state index in [-0.39, 0.29) is 34.3 Å². The highest BCUT2D eigenvalue weighted by atomic mass is 16.8. The molecule has 17 heteroatoms. The standard InChI is InChI=1S/C30H34O17/c1-41-21(35)9-22(36)42-11-20-24(38)25(39)28(47-29-26(40)23(37)17(34)10-43-29)30(46-20)45-19-8-15-16(33)6-14(32)7-18(15)44-27(19)12-2-4-13(31)5-3-12/h2-8,17,20,23-34,37-40H,9-11H2,1H3. The minimum absolute atomic E-state index is 0.0578. The maximum absolute atomic E-state index is 12.1. The molecular weight excluding hydrogens is 632 g/mol. The fraction of sp³-hybridized carbons (Fsp3) is 0.467. The summed E-state index contributed by atoms with van der Waals surface area (Å²) in [5.41, 5.74) is 0.492. The Morgan fingerprint density at radius 3 is 2.30 bits per heavy atom. The number of ether oxygens (including phenoxy) is 7. The second kappa shape index (κ2) is 14.3. The van der Waals surface area contributed by atoms with Crippen LogP contribution in [0.5, 0.6) is 23.0 Å². The first-order valence-corrected chi connectivity index (χ1v) is 14.3. The van der Waals surface area contributed by atoms with E-state index in [1.807, 2.05) is 0 Å². The number of carbonyl (C=O) groups is 2. The number of phenols is 3. The first kappa shape index (κ1) is 34.1. The molecule has 0 aromatic heterocycles. The lowest BCUT2D eigenvalue weighted by molar-refractivity contribution is -0.352. The SMILES string of the molecule is COC(=O)CC(=O)OCC1OC(OC2=Cc3c(O)cc(O)cc3OC2c2ccc(O)cc2)C(OC2OCC(O)C(O)C2O)C(O)C1O. The molecule has 47 heavy (non-hydrogen) atoms. The molecule has 3 aliphatic heterocycles. The zero-order chi connectivity index (χ0) is 34.0. The van der Waals surface area contributed by atoms with E-state index < -0.39 is 93.0 Å². The van der Waals surface area contributed by atoms with Crippen LogP contribution in [-0.4, -0.2) is 128 Å². The summed E-state index contributed by atoms with van der Waals surface area (Å²) in [5.74, 6) is -2.66. The molecule has 0 saturated carbocycles. The molecule has 256 valence electrons. The van der Waals surface area contributed by atoms with Crippen LogP contribution in [0.4, 0.5) is 0 Å². The number of benzene rings is 2. The van der Waals surface area contributed by atoms with E-state index in [0.717, 1.165) is 13.2 Å². The number of aliphatic hydroxyl groups is 5. The average molecular weight is 667 g/mol. The predicted molar refractivity (Wildman–Crippen MR) is 151 cm³/mol. The Bertz CT molecular complexity index is 1460. The Kier molecular flexibility index (Phi) is 10.4. The van der Waals surface area contributed by atoms with Crippen molar-refractivity contribution >= 4 is 18.0 Å². The van der Waals surface area contributed by atoms with Crippen LogP contribution in [0, 0.1) is 0 Å². The number of aliphatic hydroxyl groups excluding tert-OH is 5. The highest BCUT2D eigenvalue weighted by Crippen LogP contribution is 2.45. The third-order valence-electron chi connectivity index (χ3n) is 7.66. The molecule has 0 aliphatic carbocycles. The smallest absolute Gasteiger partial charge is 0.317 e. The molecule has 8 N–H and O–H groups in total. The van der Waals surface area contributed by atoms with E-state index in [1.165, 1.54) is 36.4 Å². The van der Waals surface area contributed by atoms with Gasteiger partial charge in [-0.3, -0.25) is 9.59 Å². The number of carbonyl (C=O) groups excluding carboxylic acids is 2. The zero-order valence-electron chi connectivity index (χ0n) is 24.7. The number of aromatic hydroxyl groups is 3. The van der Waals surface area contributed by atoms with Gasteiger partial charge in [-0.15, -0.1) is 0 Å². The molecule has 5 rings (SSSR count). The monoisotopic (exact) mass is 666 g/mol. The van der Waals surface area contributed by atoms with Gasteiger partial charge in [-0.2, -0.15) is 0 Å². The van der Waals surface area contributed by atoms with Crippen molar-refractivity contribution in [1.82, 2.24) is 0 Å². The van der Waals surface area contributed by atoms with Crippen LogP contribution in [0.3, 0.4) is 0 Å². The summed E-state index contributed by atoms with van der Waals surface area (Å²) in [5, 5.41) is 83.0. The van der Waals surface area contributed by atoms with Crippen LogP contribution in [0.25, 0.3) is 6.08 Å². The summed E-state index contributed by atoms with van der Waals surface area (Å²) in [7, 11) is 1.07. The molecular formula is C30H34O17. The van der Waals surface area contributed by atoms with E-state index in [9.17, 15) is 50.4 Å². The highest BCUT2D eigenvalue weighted by Gasteiger charge is 2.51. The van der Waals surface area contributed by atoms with Crippen molar-refractivity contribution in [3.8, 4) is 23.0 Å². The second-order valence-electron chi connectivity index (χ2n) is 10.9. The van der Waals surface area contributed by atoms with Crippen molar-refractivity contribution in [2.75, 3.05) is 20.3 Å². The normalized spacial score (nSPS) is 31.9. The van der Waals surface area contributed by atoms with Gasteiger partial charge >= 0.3 is 11.9 Å². The lowest BCUT2D eigenvalue weighted by atomic mass is 9.97. The lowest BCUT2D eigenvalue weighted by Crippen LogP contribution is -2.63. The molecule has 2 fully saturated rings. The Labute approximate surface area is 266 Å². The van der Waals surface area contributed by atoms with Crippen LogP contribution in [0.1, 0.15) is 23.7 Å². The highest BCUT2D eigenvalue weighted by molar-refractivity contribution is 5.91. The van der Waals surface area contributed by atoms with Crippen molar-refractivity contribution in [2.24, 2.45) is 0 Å². The third kappa shape index (κ3) is 7.53. The number of hydrogen-bond acceptors (Lipinski definition) is 17. The van der Waals surface area contributed by atoms with Gasteiger partial charge in [0.05, 0.1) is 19.3 Å². The fourth-order valence-electron chi connectivity index (χ4n) is 5.11. The largest absolute Gasteiger partial charge is 0.508 e. The molecule has 2 saturated heterocycles. The minimum atomic E-state index is -1.88. The van der Waals surface area contributed by atoms with Gasteiger partial charge in [0, 0.05) is 17.7 Å². The summed E-state index contributed by atoms with van der Waals surface area (Å²) in [4.78, 5) is 23.6. The molecule has 10 atom stereocenters. The topological polar surface area (TPSA) is 261 Å². The number of rotatable bonds is 9. The van der Waals surface area contributed by atoms with Gasteiger partial charge in [0.25, 0.3) is 0 Å². The van der Waals surface area contributed by atoms with Crippen molar-refractivity contribution < 1.29 is 83.6 Å². The van der Waals surface area contributed by atoms with Gasteiger partial charge in [-0.05, 0) is 18.2 Å². The average Bonchev–Trinajstić information content (AvgIpc) is 3.04. The van der Waals surface area contributed by atoms with Crippen molar-refractivity contribution in [3.63, 3.8) is 0 Å². The number of fused-ring (bicyclic) bond motifs is 1. The Morgan fingerprint density at radius 1 is 0.872 bits per heavy atom. The van der Waals surface area contributed by atoms with Gasteiger partial charge in [-0.25, -0.2) is 0 Å². The number of methoxy groups -OCH3 is 1. The quantitative estimate of drug-likeness (QED) is 0.114. The fourth-order valence-corrected chi connectivity index (χ4v) is 5.11. The van der Waals surface area contributed by atoms with E-state index in [2.05, 4.69) is 4.74 Å². The Balaban J connectivity index is 1.47. The predicted octanol–water partition coefficient (Wildman–Crippen LogP) is -1.33. The molecule has 0 bridgehead atoms. The summed E-state index contributed by atoms with van der Waals surface area (Å²) >= 11 is 0. The Morgan fingerprint density at radius 2 is 1.60 bits per heavy atom. The van der Waals surface area contributed by atoms with E-state index >= 15 is 0 Å². The van der Waals surface area contributed by atoms with Crippen LogP contribution in [0.2, 0.25) is 0 Å². The molecule has 2 aromatic rings. The molecule has 3 aliphatic rings. The molecule has 0 spiro atoms. The summed E-state index contributed by atoms with van der Waals surface area (Å²) < 4.78 is 38.6. The van der Waals surface area contributed by atoms with Crippen LogP contribution < -0.4 is 4.74 Å². The first-order valence-electron chi connectivity index (χ1n) is 14.3. The van der Waals surface area contributed by atoms with E-state index in [1.54, 1.807) is 0 Å². The minimum Gasteiger partial charge on any atom is -0.508 e. The van der Waals surface area contributed by atoms with Crippen LogP contribution in [0.15, 0.2) is 42.2 Å². The zero-order valence-corrected chi connectivity index (χ0v) is 24.7. The maximum atomic E-state index is 12.1. The Hall–Kier alpha value is -4.20. The van der Waals surface area contributed by atoms with E-state index in [4.69, 9.17) is 28.4 Å². The number of phenolic OH excluding ortho intramolecular Hbond substituents is 3. The van der Waals surface area contributed by atoms with Gasteiger partial charge in [0.15, 0.2) is 18.5 Å². The van der Waals surface area contributed by atoms with Crippen molar-refractivity contribution in [3.05, 3.63) is 53.3 Å². The molecule has 2 aromatic carbocycles. The van der Waals surface area contributed by atoms with E-state index in [0.29, 0.717) is 5.56 Å².